The van der Waals surface area contributed by atoms with E-state index in [1.165, 1.54) is 12.5 Å². The number of hydrogen-bond acceptors (Lipinski definition) is 4. The van der Waals surface area contributed by atoms with Gasteiger partial charge in [0.15, 0.2) is 0 Å². The van der Waals surface area contributed by atoms with Crippen LogP contribution in [0.15, 0.2) is 53.3 Å². The van der Waals surface area contributed by atoms with Crippen LogP contribution in [-0.2, 0) is 0 Å². The van der Waals surface area contributed by atoms with Crippen LogP contribution in [0.5, 0.6) is 5.75 Å². The second-order valence-electron chi connectivity index (χ2n) is 4.37. The maximum atomic E-state index is 11.5. The third-order valence-corrected chi connectivity index (χ3v) is 2.78. The van der Waals surface area contributed by atoms with Crippen molar-refractivity contribution in [3.8, 4) is 5.75 Å². The summed E-state index contributed by atoms with van der Waals surface area (Å²) in [5, 5.41) is 15.0. The molecular formula is C15H18N2O4. The van der Waals surface area contributed by atoms with Gasteiger partial charge in [-0.25, -0.2) is 4.79 Å². The van der Waals surface area contributed by atoms with Crippen LogP contribution < -0.4 is 15.4 Å². The second-order valence-corrected chi connectivity index (χ2v) is 4.37. The number of nitrogens with one attached hydrogen (secondary N) is 2. The van der Waals surface area contributed by atoms with Gasteiger partial charge in [-0.05, 0) is 18.2 Å². The fourth-order valence-corrected chi connectivity index (χ4v) is 1.68. The van der Waals surface area contributed by atoms with Crippen molar-refractivity contribution in [2.24, 2.45) is 0 Å². The van der Waals surface area contributed by atoms with Gasteiger partial charge in [0.05, 0.1) is 25.2 Å². The van der Waals surface area contributed by atoms with Crippen LogP contribution >= 0.6 is 0 Å². The zero-order valence-corrected chi connectivity index (χ0v) is 11.5. The van der Waals surface area contributed by atoms with Crippen LogP contribution in [0.1, 0.15) is 11.7 Å². The standard InChI is InChI=1S/C15H18N2O4/c18-14(12-6-8-20-11-12)10-17-15(19)16-7-9-21-13-4-2-1-3-5-13/h1-6,8,11,14,18H,7,9-10H2,(H2,16,17,19)/t14-/m0/s1. The van der Waals surface area contributed by atoms with Crippen molar-refractivity contribution in [1.29, 1.82) is 0 Å². The van der Waals surface area contributed by atoms with E-state index in [0.29, 0.717) is 18.7 Å². The average molecular weight is 290 g/mol. The van der Waals surface area contributed by atoms with Crippen LogP contribution in [0, 0.1) is 0 Å². The van der Waals surface area contributed by atoms with E-state index in [4.69, 9.17) is 9.15 Å². The molecule has 0 unspecified atom stereocenters. The van der Waals surface area contributed by atoms with E-state index in [0.717, 1.165) is 5.75 Å². The number of carbonyl (C=O) groups is 1. The van der Waals surface area contributed by atoms with E-state index in [1.807, 2.05) is 30.3 Å². The molecule has 2 amide bonds. The number of aliphatic hydroxyl groups excluding tert-OH is 1. The maximum absolute atomic E-state index is 11.5. The molecule has 2 rings (SSSR count). The summed E-state index contributed by atoms with van der Waals surface area (Å²) >= 11 is 0. The molecule has 0 fully saturated rings. The lowest BCUT2D eigenvalue weighted by Gasteiger charge is -2.11. The lowest BCUT2D eigenvalue weighted by Crippen LogP contribution is -2.39. The number of ether oxygens (including phenoxy) is 1. The Kier molecular flexibility index (Phi) is 5.66. The minimum Gasteiger partial charge on any atom is -0.492 e. The Labute approximate surface area is 122 Å². The van der Waals surface area contributed by atoms with Crippen molar-refractivity contribution in [1.82, 2.24) is 10.6 Å². The largest absolute Gasteiger partial charge is 0.492 e. The molecule has 1 atom stereocenters. The lowest BCUT2D eigenvalue weighted by atomic mass is 10.2. The molecule has 6 heteroatoms. The fourth-order valence-electron chi connectivity index (χ4n) is 1.68. The van der Waals surface area contributed by atoms with Gasteiger partial charge in [-0.3, -0.25) is 0 Å². The highest BCUT2D eigenvalue weighted by Gasteiger charge is 2.10. The molecule has 1 heterocycles. The van der Waals surface area contributed by atoms with Crippen LogP contribution in [-0.4, -0.2) is 30.8 Å². The van der Waals surface area contributed by atoms with Gasteiger partial charge in [0.2, 0.25) is 0 Å². The maximum Gasteiger partial charge on any atom is 0.315 e. The summed E-state index contributed by atoms with van der Waals surface area (Å²) in [4.78, 5) is 11.5. The van der Waals surface area contributed by atoms with Gasteiger partial charge < -0.3 is 24.9 Å². The first-order chi connectivity index (χ1) is 10.3. The Bertz CT molecular complexity index is 528. The highest BCUT2D eigenvalue weighted by Crippen LogP contribution is 2.11. The number of aliphatic hydroxyl groups is 1. The van der Waals surface area contributed by atoms with Crippen LogP contribution in [0.25, 0.3) is 0 Å². The molecule has 0 aliphatic carbocycles. The summed E-state index contributed by atoms with van der Waals surface area (Å²) in [5.41, 5.74) is 0.628. The summed E-state index contributed by atoms with van der Waals surface area (Å²) in [7, 11) is 0. The molecule has 2 aromatic rings. The summed E-state index contributed by atoms with van der Waals surface area (Å²) in [6.45, 7) is 0.870. The Balaban J connectivity index is 1.57. The highest BCUT2D eigenvalue weighted by molar-refractivity contribution is 5.73. The lowest BCUT2D eigenvalue weighted by molar-refractivity contribution is 0.172. The first-order valence-corrected chi connectivity index (χ1v) is 6.65. The van der Waals surface area contributed by atoms with Crippen molar-refractivity contribution >= 4 is 6.03 Å². The summed E-state index contributed by atoms with van der Waals surface area (Å²) in [6.07, 6.45) is 2.13. The third kappa shape index (κ3) is 5.19. The van der Waals surface area contributed by atoms with Crippen LogP contribution in [0.4, 0.5) is 4.79 Å². The smallest absolute Gasteiger partial charge is 0.315 e. The van der Waals surface area contributed by atoms with E-state index < -0.39 is 6.10 Å². The van der Waals surface area contributed by atoms with Crippen molar-refractivity contribution < 1.29 is 19.1 Å². The zero-order chi connectivity index (χ0) is 14.9. The van der Waals surface area contributed by atoms with Crippen molar-refractivity contribution in [2.45, 2.75) is 6.10 Å². The van der Waals surface area contributed by atoms with E-state index in [1.54, 1.807) is 6.07 Å². The predicted molar refractivity (Wildman–Crippen MR) is 77.0 cm³/mol. The number of benzene rings is 1. The Morgan fingerprint density at radius 1 is 1.24 bits per heavy atom. The first kappa shape index (κ1) is 14.9. The number of para-hydroxylation sites is 1. The zero-order valence-electron chi connectivity index (χ0n) is 11.5. The Morgan fingerprint density at radius 3 is 2.76 bits per heavy atom. The highest BCUT2D eigenvalue weighted by atomic mass is 16.5. The number of amides is 2. The van der Waals surface area contributed by atoms with Crippen LogP contribution in [0.3, 0.4) is 0 Å². The molecule has 1 aromatic heterocycles. The SMILES string of the molecule is O=C(NCCOc1ccccc1)NC[C@H](O)c1ccoc1. The molecule has 112 valence electrons. The third-order valence-electron chi connectivity index (χ3n) is 2.78. The number of carbonyl (C=O) groups excluding carboxylic acids is 1. The summed E-state index contributed by atoms with van der Waals surface area (Å²) < 4.78 is 10.3. The molecule has 0 bridgehead atoms. The Hall–Kier alpha value is -2.47. The molecule has 3 N–H and O–H groups in total. The van der Waals surface area contributed by atoms with Gasteiger partial charge in [-0.15, -0.1) is 0 Å². The van der Waals surface area contributed by atoms with E-state index in [-0.39, 0.29) is 12.6 Å². The van der Waals surface area contributed by atoms with Crippen molar-refractivity contribution in [3.63, 3.8) is 0 Å². The van der Waals surface area contributed by atoms with Gasteiger partial charge in [-0.1, -0.05) is 18.2 Å². The predicted octanol–water partition coefficient (Wildman–Crippen LogP) is 1.69. The molecule has 1 aromatic carbocycles. The van der Waals surface area contributed by atoms with E-state index in [9.17, 15) is 9.90 Å². The number of hydrogen-bond donors (Lipinski definition) is 3. The molecule has 0 saturated carbocycles. The normalized spacial score (nSPS) is 11.7. The number of furan rings is 1. The fraction of sp³-hybridized carbons (Fsp3) is 0.267. The number of urea groups is 1. The molecule has 0 radical (unpaired) electrons. The monoisotopic (exact) mass is 290 g/mol. The van der Waals surface area contributed by atoms with Crippen molar-refractivity contribution in [3.05, 3.63) is 54.5 Å². The van der Waals surface area contributed by atoms with Crippen LogP contribution in [0.2, 0.25) is 0 Å². The minimum absolute atomic E-state index is 0.116. The van der Waals surface area contributed by atoms with E-state index >= 15 is 0 Å². The van der Waals surface area contributed by atoms with Gasteiger partial charge >= 0.3 is 6.03 Å². The number of rotatable bonds is 7. The minimum atomic E-state index is -0.782. The molecule has 0 aliphatic rings. The molecule has 0 saturated heterocycles. The quantitative estimate of drug-likeness (QED) is 0.678. The summed E-state index contributed by atoms with van der Waals surface area (Å²) in [6, 6.07) is 10.7. The summed E-state index contributed by atoms with van der Waals surface area (Å²) in [5.74, 6) is 0.759. The molecule has 21 heavy (non-hydrogen) atoms. The van der Waals surface area contributed by atoms with E-state index in [2.05, 4.69) is 10.6 Å². The topological polar surface area (TPSA) is 83.7 Å². The first-order valence-electron chi connectivity index (χ1n) is 6.65. The molecule has 0 aliphatic heterocycles. The second kappa shape index (κ2) is 7.96. The van der Waals surface area contributed by atoms with Gasteiger partial charge in [-0.2, -0.15) is 0 Å². The Morgan fingerprint density at radius 2 is 2.05 bits per heavy atom. The molecular weight excluding hydrogens is 272 g/mol. The van der Waals surface area contributed by atoms with Gasteiger partial charge in [0.1, 0.15) is 12.4 Å². The van der Waals surface area contributed by atoms with Crippen molar-refractivity contribution in [2.75, 3.05) is 19.7 Å². The van der Waals surface area contributed by atoms with Gasteiger partial charge in [0, 0.05) is 12.1 Å². The molecule has 6 nitrogen and oxygen atoms in total. The molecule has 0 spiro atoms. The average Bonchev–Trinajstić information content (AvgIpc) is 3.05. The van der Waals surface area contributed by atoms with Gasteiger partial charge in [0.25, 0.3) is 0 Å².